The number of piperidine rings is 1. The molecule has 7 nitrogen and oxygen atoms in total. The number of nitrogens with zero attached hydrogens (tertiary/aromatic N) is 3. The monoisotopic (exact) mass is 342 g/mol. The van der Waals surface area contributed by atoms with Crippen molar-refractivity contribution >= 4 is 11.5 Å². The van der Waals surface area contributed by atoms with Crippen LogP contribution in [-0.2, 0) is 0 Å². The molecule has 1 aliphatic rings. The molecule has 0 atom stereocenters. The van der Waals surface area contributed by atoms with Gasteiger partial charge < -0.3 is 15.3 Å². The number of aliphatic hydroxyl groups excluding tert-OH is 1. The fourth-order valence-electron chi connectivity index (χ4n) is 3.15. The molecule has 1 aliphatic heterocycles. The van der Waals surface area contributed by atoms with E-state index in [1.807, 2.05) is 30.3 Å². The summed E-state index contributed by atoms with van der Waals surface area (Å²) in [4.78, 5) is 17.7. The van der Waals surface area contributed by atoms with Crippen LogP contribution in [0.2, 0.25) is 0 Å². The topological polar surface area (TPSA) is 91.5 Å². The first kappa shape index (κ1) is 17.3. The van der Waals surface area contributed by atoms with Gasteiger partial charge in [0.15, 0.2) is 5.69 Å². The van der Waals surface area contributed by atoms with Crippen LogP contribution in [0.5, 0.6) is 0 Å². The number of aliphatic hydroxyl groups is 1. The number of hydrogen-bond donors (Lipinski definition) is 2. The molecule has 0 spiro atoms. The van der Waals surface area contributed by atoms with Crippen LogP contribution in [0.4, 0.5) is 11.5 Å². The summed E-state index contributed by atoms with van der Waals surface area (Å²) >= 11 is 0. The quantitative estimate of drug-likeness (QED) is 0.618. The summed E-state index contributed by atoms with van der Waals surface area (Å²) in [5.41, 5.74) is 1.17. The molecular weight excluding hydrogens is 320 g/mol. The lowest BCUT2D eigenvalue weighted by Gasteiger charge is -2.33. The normalized spacial score (nSPS) is 15.3. The molecule has 0 unspecified atom stereocenters. The minimum Gasteiger partial charge on any atom is -0.395 e. The van der Waals surface area contributed by atoms with Crippen LogP contribution in [-0.4, -0.2) is 47.3 Å². The highest BCUT2D eigenvalue weighted by atomic mass is 16.6. The molecule has 1 fully saturated rings. The lowest BCUT2D eigenvalue weighted by atomic mass is 10.0. The van der Waals surface area contributed by atoms with Crippen LogP contribution in [0.3, 0.4) is 0 Å². The van der Waals surface area contributed by atoms with Gasteiger partial charge in [-0.15, -0.1) is 0 Å². The Morgan fingerprint density at radius 3 is 2.56 bits per heavy atom. The van der Waals surface area contributed by atoms with Gasteiger partial charge in [0.1, 0.15) is 5.82 Å². The standard InChI is InChI=1S/C18H22N4O3/c23-13-10-19-15-8-11-21(12-9-15)17-7-6-16(22(24)25)18(20-17)14-4-2-1-3-5-14/h1-7,15,19,23H,8-13H2. The SMILES string of the molecule is O=[N+]([O-])c1ccc(N2CCC(NCCO)CC2)nc1-c1ccccc1. The lowest BCUT2D eigenvalue weighted by Crippen LogP contribution is -2.43. The van der Waals surface area contributed by atoms with E-state index in [-0.39, 0.29) is 17.2 Å². The van der Waals surface area contributed by atoms with E-state index in [9.17, 15) is 10.1 Å². The fourth-order valence-corrected chi connectivity index (χ4v) is 3.15. The number of nitrogens with one attached hydrogen (secondary N) is 1. The van der Waals surface area contributed by atoms with Gasteiger partial charge in [-0.2, -0.15) is 0 Å². The summed E-state index contributed by atoms with van der Waals surface area (Å²) in [6.07, 6.45) is 1.92. The van der Waals surface area contributed by atoms with Crippen LogP contribution in [0.1, 0.15) is 12.8 Å². The lowest BCUT2D eigenvalue weighted by molar-refractivity contribution is -0.384. The van der Waals surface area contributed by atoms with Crippen molar-refractivity contribution in [1.29, 1.82) is 0 Å². The number of benzene rings is 1. The molecule has 2 heterocycles. The Balaban J connectivity index is 1.81. The van der Waals surface area contributed by atoms with E-state index in [0.717, 1.165) is 37.3 Å². The number of aromatic nitrogens is 1. The van der Waals surface area contributed by atoms with Gasteiger partial charge in [0, 0.05) is 37.3 Å². The summed E-state index contributed by atoms with van der Waals surface area (Å²) in [6, 6.07) is 12.9. The Labute approximate surface area is 146 Å². The molecule has 0 aliphatic carbocycles. The van der Waals surface area contributed by atoms with Gasteiger partial charge in [-0.05, 0) is 18.9 Å². The zero-order valence-corrected chi connectivity index (χ0v) is 14.0. The first-order valence-corrected chi connectivity index (χ1v) is 8.49. The highest BCUT2D eigenvalue weighted by molar-refractivity contribution is 5.71. The zero-order valence-electron chi connectivity index (χ0n) is 14.0. The zero-order chi connectivity index (χ0) is 17.6. The Hall–Kier alpha value is -2.51. The number of anilines is 1. The predicted octanol–water partition coefficient (Wildman–Crippen LogP) is 2.21. The fraction of sp³-hybridized carbons (Fsp3) is 0.389. The van der Waals surface area contributed by atoms with Crippen LogP contribution in [0.25, 0.3) is 11.3 Å². The minimum atomic E-state index is -0.385. The molecule has 7 heteroatoms. The Morgan fingerprint density at radius 2 is 1.92 bits per heavy atom. The highest BCUT2D eigenvalue weighted by Gasteiger charge is 2.23. The van der Waals surface area contributed by atoms with E-state index >= 15 is 0 Å². The second-order valence-corrected chi connectivity index (χ2v) is 6.10. The van der Waals surface area contributed by atoms with Gasteiger partial charge in [0.05, 0.1) is 11.5 Å². The molecule has 3 rings (SSSR count). The second-order valence-electron chi connectivity index (χ2n) is 6.10. The van der Waals surface area contributed by atoms with Gasteiger partial charge in [0.2, 0.25) is 0 Å². The largest absolute Gasteiger partial charge is 0.395 e. The molecule has 1 aromatic heterocycles. The first-order valence-electron chi connectivity index (χ1n) is 8.49. The molecule has 0 saturated carbocycles. The maximum atomic E-state index is 11.3. The van der Waals surface area contributed by atoms with Crippen LogP contribution >= 0.6 is 0 Å². The van der Waals surface area contributed by atoms with Gasteiger partial charge >= 0.3 is 0 Å². The molecule has 0 radical (unpaired) electrons. The summed E-state index contributed by atoms with van der Waals surface area (Å²) in [5, 5.41) is 23.6. The van der Waals surface area contributed by atoms with E-state index in [2.05, 4.69) is 15.2 Å². The van der Waals surface area contributed by atoms with Crippen molar-refractivity contribution in [3.8, 4) is 11.3 Å². The average molecular weight is 342 g/mol. The van der Waals surface area contributed by atoms with Crippen LogP contribution < -0.4 is 10.2 Å². The molecule has 1 saturated heterocycles. The van der Waals surface area contributed by atoms with Gasteiger partial charge in [-0.1, -0.05) is 30.3 Å². The Kier molecular flexibility index (Phi) is 5.57. The number of nitro groups is 1. The summed E-state index contributed by atoms with van der Waals surface area (Å²) in [7, 11) is 0. The minimum absolute atomic E-state index is 0.0226. The summed E-state index contributed by atoms with van der Waals surface area (Å²) in [5.74, 6) is 0.769. The maximum Gasteiger partial charge on any atom is 0.295 e. The Morgan fingerprint density at radius 1 is 1.20 bits per heavy atom. The van der Waals surface area contributed by atoms with E-state index in [1.54, 1.807) is 12.1 Å². The average Bonchev–Trinajstić information content (AvgIpc) is 2.67. The van der Waals surface area contributed by atoms with E-state index in [1.165, 1.54) is 0 Å². The smallest absolute Gasteiger partial charge is 0.295 e. The first-order chi connectivity index (χ1) is 12.2. The third kappa shape index (κ3) is 4.12. The molecule has 0 amide bonds. The maximum absolute atomic E-state index is 11.3. The van der Waals surface area contributed by atoms with Crippen molar-refractivity contribution in [2.75, 3.05) is 31.1 Å². The van der Waals surface area contributed by atoms with E-state index in [0.29, 0.717) is 18.3 Å². The summed E-state index contributed by atoms with van der Waals surface area (Å²) < 4.78 is 0. The third-order valence-corrected chi connectivity index (χ3v) is 4.47. The van der Waals surface area contributed by atoms with E-state index in [4.69, 9.17) is 5.11 Å². The van der Waals surface area contributed by atoms with Crippen LogP contribution in [0, 0.1) is 10.1 Å². The van der Waals surface area contributed by atoms with Gasteiger partial charge in [0.25, 0.3) is 5.69 Å². The van der Waals surface area contributed by atoms with Crippen LogP contribution in [0.15, 0.2) is 42.5 Å². The number of rotatable bonds is 6. The number of hydrogen-bond acceptors (Lipinski definition) is 6. The Bertz CT molecular complexity index is 716. The molecule has 0 bridgehead atoms. The number of pyridine rings is 1. The molecule has 132 valence electrons. The molecule has 1 aromatic carbocycles. The van der Waals surface area contributed by atoms with Crippen molar-refractivity contribution in [2.45, 2.75) is 18.9 Å². The molecule has 2 aromatic rings. The van der Waals surface area contributed by atoms with Gasteiger partial charge in [-0.25, -0.2) is 4.98 Å². The summed E-state index contributed by atoms with van der Waals surface area (Å²) in [6.45, 7) is 2.42. The van der Waals surface area contributed by atoms with Crippen molar-refractivity contribution in [1.82, 2.24) is 10.3 Å². The van der Waals surface area contributed by atoms with Crippen molar-refractivity contribution in [3.05, 3.63) is 52.6 Å². The van der Waals surface area contributed by atoms with Crippen molar-refractivity contribution in [3.63, 3.8) is 0 Å². The predicted molar refractivity (Wildman–Crippen MR) is 96.7 cm³/mol. The molecule has 25 heavy (non-hydrogen) atoms. The second kappa shape index (κ2) is 8.04. The molecule has 2 N–H and O–H groups in total. The third-order valence-electron chi connectivity index (χ3n) is 4.47. The molecular formula is C18H22N4O3. The van der Waals surface area contributed by atoms with Gasteiger partial charge in [-0.3, -0.25) is 10.1 Å². The highest BCUT2D eigenvalue weighted by Crippen LogP contribution is 2.31. The van der Waals surface area contributed by atoms with Crippen molar-refractivity contribution < 1.29 is 10.0 Å². The van der Waals surface area contributed by atoms with E-state index < -0.39 is 0 Å². The van der Waals surface area contributed by atoms with Crippen molar-refractivity contribution in [2.24, 2.45) is 0 Å².